The van der Waals surface area contributed by atoms with Crippen molar-refractivity contribution in [3.63, 3.8) is 0 Å². The summed E-state index contributed by atoms with van der Waals surface area (Å²) in [4.78, 5) is 10.3. The first-order chi connectivity index (χ1) is 9.49. The molecule has 0 spiro atoms. The standard InChI is InChI=1S/C13H9Cl2FN2O2/c14-10-3-1-2-8(13(10)15)7-17-11-6-9(16)4-5-12(11)18(19)20/h1-6,17H,7H2. The van der Waals surface area contributed by atoms with Gasteiger partial charge < -0.3 is 5.32 Å². The van der Waals surface area contributed by atoms with Gasteiger partial charge >= 0.3 is 0 Å². The third-order valence-corrected chi connectivity index (χ3v) is 3.51. The van der Waals surface area contributed by atoms with Crippen molar-refractivity contribution in [2.24, 2.45) is 0 Å². The van der Waals surface area contributed by atoms with Crippen molar-refractivity contribution in [3.8, 4) is 0 Å². The number of nitrogens with one attached hydrogen (secondary N) is 1. The van der Waals surface area contributed by atoms with Gasteiger partial charge in [0.25, 0.3) is 5.69 Å². The van der Waals surface area contributed by atoms with Crippen LogP contribution in [0.3, 0.4) is 0 Å². The summed E-state index contributed by atoms with van der Waals surface area (Å²) < 4.78 is 13.2. The number of rotatable bonds is 4. The average molecular weight is 315 g/mol. The van der Waals surface area contributed by atoms with Crippen LogP contribution in [0.4, 0.5) is 15.8 Å². The predicted molar refractivity (Wildman–Crippen MR) is 76.8 cm³/mol. The van der Waals surface area contributed by atoms with Crippen molar-refractivity contribution in [1.82, 2.24) is 0 Å². The summed E-state index contributed by atoms with van der Waals surface area (Å²) in [6.45, 7) is 0.198. The molecule has 0 heterocycles. The van der Waals surface area contributed by atoms with Crippen LogP contribution in [0.25, 0.3) is 0 Å². The highest BCUT2D eigenvalue weighted by molar-refractivity contribution is 6.42. The first kappa shape index (κ1) is 14.6. The quantitative estimate of drug-likeness (QED) is 0.660. The Kier molecular flexibility index (Phi) is 4.42. The largest absolute Gasteiger partial charge is 0.375 e. The molecule has 0 unspecified atom stereocenters. The minimum absolute atomic E-state index is 0.0889. The Balaban J connectivity index is 2.24. The van der Waals surface area contributed by atoms with E-state index in [0.29, 0.717) is 15.6 Å². The normalized spacial score (nSPS) is 10.3. The molecule has 0 bridgehead atoms. The Morgan fingerprint density at radius 2 is 2.00 bits per heavy atom. The monoisotopic (exact) mass is 314 g/mol. The van der Waals surface area contributed by atoms with Gasteiger partial charge in [0.15, 0.2) is 0 Å². The van der Waals surface area contributed by atoms with E-state index >= 15 is 0 Å². The van der Waals surface area contributed by atoms with Crippen molar-refractivity contribution < 1.29 is 9.31 Å². The topological polar surface area (TPSA) is 55.2 Å². The Morgan fingerprint density at radius 1 is 1.25 bits per heavy atom. The molecule has 0 aliphatic heterocycles. The lowest BCUT2D eigenvalue weighted by Crippen LogP contribution is -2.03. The maximum absolute atomic E-state index is 13.2. The Bertz CT molecular complexity index is 665. The summed E-state index contributed by atoms with van der Waals surface area (Å²) in [6, 6.07) is 8.29. The minimum Gasteiger partial charge on any atom is -0.375 e. The molecule has 0 radical (unpaired) electrons. The number of nitro benzene ring substituents is 1. The highest BCUT2D eigenvalue weighted by Gasteiger charge is 2.14. The summed E-state index contributed by atoms with van der Waals surface area (Å²) in [5.74, 6) is -0.560. The van der Waals surface area contributed by atoms with Gasteiger partial charge in [-0.05, 0) is 17.7 Å². The van der Waals surface area contributed by atoms with Crippen LogP contribution < -0.4 is 5.32 Å². The van der Waals surface area contributed by atoms with Gasteiger partial charge in [0.1, 0.15) is 11.5 Å². The second kappa shape index (κ2) is 6.07. The van der Waals surface area contributed by atoms with Crippen LogP contribution in [0.15, 0.2) is 36.4 Å². The van der Waals surface area contributed by atoms with Gasteiger partial charge in [0.2, 0.25) is 0 Å². The molecule has 0 saturated heterocycles. The molecular weight excluding hydrogens is 306 g/mol. The number of hydrogen-bond donors (Lipinski definition) is 1. The Hall–Kier alpha value is -1.85. The number of anilines is 1. The fourth-order valence-corrected chi connectivity index (χ4v) is 2.07. The SMILES string of the molecule is O=[N+]([O-])c1ccc(F)cc1NCc1cccc(Cl)c1Cl. The number of nitrogens with zero attached hydrogens (tertiary/aromatic N) is 1. The summed E-state index contributed by atoms with van der Waals surface area (Å²) in [5.41, 5.74) is 0.549. The molecule has 0 fully saturated rings. The third kappa shape index (κ3) is 3.18. The lowest BCUT2D eigenvalue weighted by molar-refractivity contribution is -0.384. The number of hydrogen-bond acceptors (Lipinski definition) is 3. The molecule has 7 heteroatoms. The number of nitro groups is 1. The van der Waals surface area contributed by atoms with Crippen molar-refractivity contribution in [2.45, 2.75) is 6.54 Å². The lowest BCUT2D eigenvalue weighted by atomic mass is 10.2. The zero-order valence-electron chi connectivity index (χ0n) is 10.1. The number of halogens is 3. The second-order valence-corrected chi connectivity index (χ2v) is 4.77. The fourth-order valence-electron chi connectivity index (χ4n) is 1.68. The smallest absolute Gasteiger partial charge is 0.292 e. The van der Waals surface area contributed by atoms with Crippen LogP contribution in [0.1, 0.15) is 5.56 Å². The van der Waals surface area contributed by atoms with Gasteiger partial charge in [-0.2, -0.15) is 0 Å². The molecule has 4 nitrogen and oxygen atoms in total. The summed E-state index contributed by atoms with van der Waals surface area (Å²) >= 11 is 11.9. The molecule has 0 amide bonds. The maximum Gasteiger partial charge on any atom is 0.292 e. The average Bonchev–Trinajstić information content (AvgIpc) is 2.40. The van der Waals surface area contributed by atoms with Crippen LogP contribution in [0.5, 0.6) is 0 Å². The summed E-state index contributed by atoms with van der Waals surface area (Å²) in [6.07, 6.45) is 0. The third-order valence-electron chi connectivity index (χ3n) is 2.66. The van der Waals surface area contributed by atoms with Crippen molar-refractivity contribution in [2.75, 3.05) is 5.32 Å². The molecule has 0 aromatic heterocycles. The lowest BCUT2D eigenvalue weighted by Gasteiger charge is -2.09. The molecule has 20 heavy (non-hydrogen) atoms. The predicted octanol–water partition coefficient (Wildman–Crippen LogP) is 4.65. The molecule has 2 aromatic carbocycles. The van der Waals surface area contributed by atoms with Crippen molar-refractivity contribution in [3.05, 3.63) is 67.9 Å². The van der Waals surface area contributed by atoms with E-state index in [1.165, 1.54) is 0 Å². The van der Waals surface area contributed by atoms with E-state index in [2.05, 4.69) is 5.32 Å². The van der Waals surface area contributed by atoms with Crippen LogP contribution in [0.2, 0.25) is 10.0 Å². The minimum atomic E-state index is -0.582. The zero-order valence-corrected chi connectivity index (χ0v) is 11.6. The van der Waals surface area contributed by atoms with Gasteiger partial charge in [0.05, 0.1) is 15.0 Å². The zero-order chi connectivity index (χ0) is 14.7. The van der Waals surface area contributed by atoms with E-state index in [4.69, 9.17) is 23.2 Å². The maximum atomic E-state index is 13.2. The van der Waals surface area contributed by atoms with Gasteiger partial charge in [-0.25, -0.2) is 4.39 Å². The number of benzene rings is 2. The molecule has 0 atom stereocenters. The highest BCUT2D eigenvalue weighted by Crippen LogP contribution is 2.29. The van der Waals surface area contributed by atoms with Gasteiger partial charge in [-0.1, -0.05) is 35.3 Å². The van der Waals surface area contributed by atoms with Crippen LogP contribution in [-0.2, 0) is 6.54 Å². The molecule has 104 valence electrons. The Morgan fingerprint density at radius 3 is 2.70 bits per heavy atom. The molecule has 1 N–H and O–H groups in total. The van der Waals surface area contributed by atoms with Gasteiger partial charge in [-0.15, -0.1) is 0 Å². The van der Waals surface area contributed by atoms with Crippen LogP contribution in [0, 0.1) is 15.9 Å². The summed E-state index contributed by atoms with van der Waals surface area (Å²) in [7, 11) is 0. The van der Waals surface area contributed by atoms with Gasteiger partial charge in [0, 0.05) is 18.7 Å². The van der Waals surface area contributed by atoms with E-state index < -0.39 is 10.7 Å². The van der Waals surface area contributed by atoms with Crippen LogP contribution in [-0.4, -0.2) is 4.92 Å². The van der Waals surface area contributed by atoms with E-state index in [-0.39, 0.29) is 17.9 Å². The Labute approximate surface area is 124 Å². The van der Waals surface area contributed by atoms with Crippen LogP contribution >= 0.6 is 23.2 Å². The van der Waals surface area contributed by atoms with E-state index in [0.717, 1.165) is 18.2 Å². The van der Waals surface area contributed by atoms with E-state index in [1.54, 1.807) is 18.2 Å². The van der Waals surface area contributed by atoms with E-state index in [1.807, 2.05) is 0 Å². The first-order valence-corrected chi connectivity index (χ1v) is 6.35. The van der Waals surface area contributed by atoms with E-state index in [9.17, 15) is 14.5 Å². The first-order valence-electron chi connectivity index (χ1n) is 5.59. The van der Waals surface area contributed by atoms with Crippen molar-refractivity contribution in [1.29, 1.82) is 0 Å². The summed E-state index contributed by atoms with van der Waals surface area (Å²) in [5, 5.41) is 14.4. The molecule has 0 saturated carbocycles. The molecule has 2 rings (SSSR count). The highest BCUT2D eigenvalue weighted by atomic mass is 35.5. The van der Waals surface area contributed by atoms with Crippen molar-refractivity contribution >= 4 is 34.6 Å². The molecule has 2 aromatic rings. The fraction of sp³-hybridized carbons (Fsp3) is 0.0769. The molecule has 0 aliphatic carbocycles. The van der Waals surface area contributed by atoms with Gasteiger partial charge in [-0.3, -0.25) is 10.1 Å². The molecular formula is C13H9Cl2FN2O2. The molecule has 0 aliphatic rings. The second-order valence-electron chi connectivity index (χ2n) is 3.99.